The van der Waals surface area contributed by atoms with Gasteiger partial charge in [0, 0.05) is 31.9 Å². The molecule has 1 aromatic heterocycles. The third kappa shape index (κ3) is 2.39. The van der Waals surface area contributed by atoms with Crippen molar-refractivity contribution in [1.82, 2.24) is 14.5 Å². The molecule has 3 heterocycles. The monoisotopic (exact) mass is 298 g/mol. The van der Waals surface area contributed by atoms with E-state index in [2.05, 4.69) is 10.3 Å². The number of fused-ring (bicyclic) bond motifs is 1. The molecule has 20 heavy (non-hydrogen) atoms. The highest BCUT2D eigenvalue weighted by atomic mass is 32.2. The molecule has 0 saturated carbocycles. The van der Waals surface area contributed by atoms with Gasteiger partial charge in [-0.05, 0) is 13.3 Å². The van der Waals surface area contributed by atoms with Gasteiger partial charge in [-0.25, -0.2) is 13.4 Å². The first-order valence-electron chi connectivity index (χ1n) is 6.79. The Balaban J connectivity index is 1.80. The Morgan fingerprint density at radius 1 is 1.45 bits per heavy atom. The van der Waals surface area contributed by atoms with E-state index in [1.807, 2.05) is 4.57 Å². The Bertz CT molecular complexity index is 614. The third-order valence-corrected chi connectivity index (χ3v) is 5.58. The summed E-state index contributed by atoms with van der Waals surface area (Å²) in [7, 11) is -3.01. The molecular weight excluding hydrogens is 280 g/mol. The summed E-state index contributed by atoms with van der Waals surface area (Å²) >= 11 is 0. The van der Waals surface area contributed by atoms with Crippen LogP contribution in [0.4, 0.5) is 5.95 Å². The minimum atomic E-state index is -3.01. The van der Waals surface area contributed by atoms with E-state index in [-0.39, 0.29) is 30.0 Å². The Hall–Kier alpha value is -1.57. The molecule has 1 N–H and O–H groups in total. The molecule has 1 fully saturated rings. The van der Waals surface area contributed by atoms with Gasteiger partial charge in [0.2, 0.25) is 5.95 Å². The first-order valence-corrected chi connectivity index (χ1v) is 8.61. The topological polar surface area (TPSA) is 84.3 Å². The Morgan fingerprint density at radius 3 is 2.95 bits per heavy atom. The highest BCUT2D eigenvalue weighted by Crippen LogP contribution is 2.18. The standard InChI is InChI=1S/C12H18N4O3S/c1-9-8-20(18,19)6-5-16(9)11(17)10-7-15-4-2-3-13-12(15)14-10/h7,9H,2-6,8H2,1H3,(H,13,14). The van der Waals surface area contributed by atoms with E-state index in [9.17, 15) is 13.2 Å². The first kappa shape index (κ1) is 13.4. The van der Waals surface area contributed by atoms with Crippen LogP contribution in [0.3, 0.4) is 0 Å². The number of nitrogens with zero attached hydrogens (tertiary/aromatic N) is 3. The van der Waals surface area contributed by atoms with Crippen LogP contribution in [0.1, 0.15) is 23.8 Å². The normalized spacial score (nSPS) is 24.9. The summed E-state index contributed by atoms with van der Waals surface area (Å²) in [6.45, 7) is 3.73. The molecule has 1 aromatic rings. The number of amides is 1. The van der Waals surface area contributed by atoms with Gasteiger partial charge in [-0.15, -0.1) is 0 Å². The van der Waals surface area contributed by atoms with Crippen molar-refractivity contribution in [3.8, 4) is 0 Å². The zero-order valence-electron chi connectivity index (χ0n) is 11.4. The summed E-state index contributed by atoms with van der Waals surface area (Å²) in [5.74, 6) is 0.604. The highest BCUT2D eigenvalue weighted by molar-refractivity contribution is 7.91. The summed E-state index contributed by atoms with van der Waals surface area (Å²) in [6.07, 6.45) is 2.76. The van der Waals surface area contributed by atoms with Gasteiger partial charge in [0.25, 0.3) is 5.91 Å². The van der Waals surface area contributed by atoms with Crippen molar-refractivity contribution in [3.63, 3.8) is 0 Å². The van der Waals surface area contributed by atoms with E-state index in [0.29, 0.717) is 5.69 Å². The molecule has 110 valence electrons. The number of hydrogen-bond acceptors (Lipinski definition) is 5. The largest absolute Gasteiger partial charge is 0.356 e. The van der Waals surface area contributed by atoms with Gasteiger partial charge in [0.1, 0.15) is 5.69 Å². The predicted molar refractivity (Wildman–Crippen MR) is 74.5 cm³/mol. The van der Waals surface area contributed by atoms with Gasteiger partial charge in [-0.2, -0.15) is 0 Å². The molecule has 0 aromatic carbocycles. The molecule has 7 nitrogen and oxygen atoms in total. The van der Waals surface area contributed by atoms with E-state index >= 15 is 0 Å². The third-order valence-electron chi connectivity index (χ3n) is 3.79. The van der Waals surface area contributed by atoms with Gasteiger partial charge in [-0.1, -0.05) is 0 Å². The number of nitrogens with one attached hydrogen (secondary N) is 1. The molecule has 8 heteroatoms. The number of carbonyl (C=O) groups excluding carboxylic acids is 1. The molecule has 2 aliphatic heterocycles. The fraction of sp³-hybridized carbons (Fsp3) is 0.667. The molecule has 0 aliphatic carbocycles. The predicted octanol–water partition coefficient (Wildman–Crippen LogP) is -0.0422. The van der Waals surface area contributed by atoms with Crippen molar-refractivity contribution < 1.29 is 13.2 Å². The van der Waals surface area contributed by atoms with Gasteiger partial charge in [0.15, 0.2) is 9.84 Å². The van der Waals surface area contributed by atoms with E-state index in [0.717, 1.165) is 25.5 Å². The summed E-state index contributed by atoms with van der Waals surface area (Å²) in [5, 5.41) is 3.15. The maximum absolute atomic E-state index is 12.5. The number of rotatable bonds is 1. The van der Waals surface area contributed by atoms with Crippen molar-refractivity contribution >= 4 is 21.7 Å². The molecule has 0 radical (unpaired) electrons. The van der Waals surface area contributed by atoms with Crippen LogP contribution in [-0.2, 0) is 16.4 Å². The number of aryl methyl sites for hydroxylation is 1. The molecule has 2 aliphatic rings. The van der Waals surface area contributed by atoms with Gasteiger partial charge in [0.05, 0.1) is 11.5 Å². The lowest BCUT2D eigenvalue weighted by atomic mass is 10.2. The Morgan fingerprint density at radius 2 is 2.25 bits per heavy atom. The van der Waals surface area contributed by atoms with E-state index < -0.39 is 9.84 Å². The van der Waals surface area contributed by atoms with Crippen LogP contribution in [0.5, 0.6) is 0 Å². The van der Waals surface area contributed by atoms with Gasteiger partial charge in [-0.3, -0.25) is 4.79 Å². The number of anilines is 1. The lowest BCUT2D eigenvalue weighted by Crippen LogP contribution is -2.49. The summed E-state index contributed by atoms with van der Waals surface area (Å²) in [4.78, 5) is 18.4. The Labute approximate surface area is 117 Å². The smallest absolute Gasteiger partial charge is 0.274 e. The average Bonchev–Trinajstić information content (AvgIpc) is 2.80. The number of aromatic nitrogens is 2. The molecule has 1 unspecified atom stereocenters. The molecule has 1 atom stereocenters. The van der Waals surface area contributed by atoms with E-state index in [4.69, 9.17) is 0 Å². The van der Waals surface area contributed by atoms with Gasteiger partial charge >= 0.3 is 0 Å². The van der Waals surface area contributed by atoms with Gasteiger partial charge < -0.3 is 14.8 Å². The molecule has 1 amide bonds. The second kappa shape index (κ2) is 4.76. The number of hydrogen-bond donors (Lipinski definition) is 1. The molecule has 3 rings (SSSR count). The molecule has 0 bridgehead atoms. The zero-order chi connectivity index (χ0) is 14.3. The van der Waals surface area contributed by atoms with Crippen molar-refractivity contribution in [2.24, 2.45) is 0 Å². The molecular formula is C12H18N4O3S. The number of imidazole rings is 1. The summed E-state index contributed by atoms with van der Waals surface area (Å²) < 4.78 is 25.0. The van der Waals surface area contributed by atoms with Crippen LogP contribution < -0.4 is 5.32 Å². The number of sulfone groups is 1. The number of carbonyl (C=O) groups is 1. The minimum Gasteiger partial charge on any atom is -0.356 e. The van der Waals surface area contributed by atoms with Crippen molar-refractivity contribution in [3.05, 3.63) is 11.9 Å². The summed E-state index contributed by atoms with van der Waals surface area (Å²) in [5.41, 5.74) is 0.389. The van der Waals surface area contributed by atoms with Crippen molar-refractivity contribution in [2.45, 2.75) is 25.9 Å². The molecule has 1 saturated heterocycles. The summed E-state index contributed by atoms with van der Waals surface area (Å²) in [6, 6.07) is -0.298. The second-order valence-electron chi connectivity index (χ2n) is 5.39. The zero-order valence-corrected chi connectivity index (χ0v) is 12.2. The van der Waals surface area contributed by atoms with Crippen LogP contribution in [0.15, 0.2) is 6.20 Å². The maximum atomic E-state index is 12.5. The lowest BCUT2D eigenvalue weighted by molar-refractivity contribution is 0.0707. The molecule has 0 spiro atoms. The Kier molecular flexibility index (Phi) is 3.19. The van der Waals surface area contributed by atoms with Crippen LogP contribution in [0, 0.1) is 0 Å². The fourth-order valence-corrected chi connectivity index (χ4v) is 4.28. The average molecular weight is 298 g/mol. The highest BCUT2D eigenvalue weighted by Gasteiger charge is 2.33. The lowest BCUT2D eigenvalue weighted by Gasteiger charge is -2.32. The van der Waals surface area contributed by atoms with Crippen molar-refractivity contribution in [2.75, 3.05) is 29.9 Å². The quantitative estimate of drug-likeness (QED) is 0.786. The maximum Gasteiger partial charge on any atom is 0.274 e. The SMILES string of the molecule is CC1CS(=O)(=O)CCN1C(=O)c1cn2c(n1)NCCC2. The minimum absolute atomic E-state index is 0.0323. The second-order valence-corrected chi connectivity index (χ2v) is 7.61. The van der Waals surface area contributed by atoms with Crippen LogP contribution in [-0.4, -0.2) is 59.4 Å². The van der Waals surface area contributed by atoms with E-state index in [1.54, 1.807) is 18.0 Å². The van der Waals surface area contributed by atoms with Crippen LogP contribution in [0.25, 0.3) is 0 Å². The first-order chi connectivity index (χ1) is 9.46. The van der Waals surface area contributed by atoms with Crippen molar-refractivity contribution in [1.29, 1.82) is 0 Å². The van der Waals surface area contributed by atoms with E-state index in [1.165, 1.54) is 0 Å². The fourth-order valence-electron chi connectivity index (χ4n) is 2.73. The van der Waals surface area contributed by atoms with Crippen LogP contribution >= 0.6 is 0 Å². The van der Waals surface area contributed by atoms with Crippen LogP contribution in [0.2, 0.25) is 0 Å².